The van der Waals surface area contributed by atoms with Gasteiger partial charge >= 0.3 is 0 Å². The quantitative estimate of drug-likeness (QED) is 0.733. The first-order valence-corrected chi connectivity index (χ1v) is 7.59. The standard InChI is InChI=1S/C13H25NO.C2H6/c1-11(2)12-4-3-5-13(10-12)14-6-8-15-9-7-14;1-2/h11-13H,3-10H2,1-2H3;1-2H3. The minimum absolute atomic E-state index is 0.857. The SMILES string of the molecule is CC.CC(C)C1CCCC(N2CCOCC2)C1. The van der Waals surface area contributed by atoms with Crippen LogP contribution in [0.15, 0.2) is 0 Å². The van der Waals surface area contributed by atoms with E-state index in [1.165, 1.54) is 25.7 Å². The maximum atomic E-state index is 5.42. The molecule has 0 aromatic rings. The van der Waals surface area contributed by atoms with Gasteiger partial charge in [0.1, 0.15) is 0 Å². The molecule has 0 aromatic heterocycles. The highest BCUT2D eigenvalue weighted by molar-refractivity contribution is 4.82. The summed E-state index contributed by atoms with van der Waals surface area (Å²) >= 11 is 0. The van der Waals surface area contributed by atoms with E-state index in [0.717, 1.165) is 44.2 Å². The lowest BCUT2D eigenvalue weighted by Crippen LogP contribution is -2.45. The van der Waals surface area contributed by atoms with Crippen molar-refractivity contribution < 1.29 is 4.74 Å². The Bertz CT molecular complexity index is 187. The van der Waals surface area contributed by atoms with E-state index >= 15 is 0 Å². The Labute approximate surface area is 108 Å². The molecule has 2 heteroatoms. The van der Waals surface area contributed by atoms with E-state index in [0.29, 0.717) is 0 Å². The Morgan fingerprint density at radius 3 is 2.29 bits per heavy atom. The first-order valence-electron chi connectivity index (χ1n) is 7.59. The Morgan fingerprint density at radius 2 is 1.71 bits per heavy atom. The van der Waals surface area contributed by atoms with Crippen molar-refractivity contribution in [2.24, 2.45) is 11.8 Å². The normalized spacial score (nSPS) is 30.9. The minimum atomic E-state index is 0.857. The molecule has 0 aromatic carbocycles. The van der Waals surface area contributed by atoms with Crippen LogP contribution in [0.1, 0.15) is 53.4 Å². The van der Waals surface area contributed by atoms with Crippen LogP contribution >= 0.6 is 0 Å². The molecule has 2 rings (SSSR count). The Hall–Kier alpha value is -0.0800. The van der Waals surface area contributed by atoms with E-state index < -0.39 is 0 Å². The molecular formula is C15H31NO. The zero-order valence-corrected chi connectivity index (χ0v) is 12.2. The lowest BCUT2D eigenvalue weighted by Gasteiger charge is -2.40. The lowest BCUT2D eigenvalue weighted by atomic mass is 9.79. The average molecular weight is 241 g/mol. The lowest BCUT2D eigenvalue weighted by molar-refractivity contribution is 0.000112. The first kappa shape index (κ1) is 15.0. The van der Waals surface area contributed by atoms with Crippen LogP contribution in [0, 0.1) is 11.8 Å². The van der Waals surface area contributed by atoms with Crippen LogP contribution < -0.4 is 0 Å². The smallest absolute Gasteiger partial charge is 0.0594 e. The summed E-state index contributed by atoms with van der Waals surface area (Å²) in [5.41, 5.74) is 0. The fourth-order valence-electron chi connectivity index (χ4n) is 3.08. The largest absolute Gasteiger partial charge is 0.379 e. The third-order valence-electron chi connectivity index (χ3n) is 4.19. The molecule has 0 bridgehead atoms. The molecule has 1 aliphatic carbocycles. The summed E-state index contributed by atoms with van der Waals surface area (Å²) in [5, 5.41) is 0. The number of ether oxygens (including phenoxy) is 1. The number of nitrogens with zero attached hydrogens (tertiary/aromatic N) is 1. The molecule has 2 aliphatic rings. The van der Waals surface area contributed by atoms with Gasteiger partial charge in [-0.15, -0.1) is 0 Å². The zero-order valence-electron chi connectivity index (χ0n) is 12.2. The number of hydrogen-bond donors (Lipinski definition) is 0. The van der Waals surface area contributed by atoms with Gasteiger partial charge in [-0.3, -0.25) is 4.90 Å². The van der Waals surface area contributed by atoms with Gasteiger partial charge in [0.25, 0.3) is 0 Å². The second-order valence-corrected chi connectivity index (χ2v) is 5.47. The van der Waals surface area contributed by atoms with Gasteiger partial charge in [-0.1, -0.05) is 40.5 Å². The van der Waals surface area contributed by atoms with E-state index in [1.807, 2.05) is 13.8 Å². The van der Waals surface area contributed by atoms with Crippen molar-refractivity contribution in [1.82, 2.24) is 4.90 Å². The van der Waals surface area contributed by atoms with Crippen LogP contribution in [0.3, 0.4) is 0 Å². The predicted octanol–water partition coefficient (Wildman–Crippen LogP) is 3.56. The summed E-state index contributed by atoms with van der Waals surface area (Å²) in [5.74, 6) is 1.83. The molecule has 2 fully saturated rings. The highest BCUT2D eigenvalue weighted by atomic mass is 16.5. The Kier molecular flexibility index (Phi) is 7.14. The molecule has 1 saturated carbocycles. The van der Waals surface area contributed by atoms with Crippen molar-refractivity contribution >= 4 is 0 Å². The maximum absolute atomic E-state index is 5.42. The van der Waals surface area contributed by atoms with Crippen molar-refractivity contribution in [1.29, 1.82) is 0 Å². The van der Waals surface area contributed by atoms with Crippen LogP contribution in [-0.2, 0) is 4.74 Å². The van der Waals surface area contributed by atoms with E-state index in [4.69, 9.17) is 4.74 Å². The molecular weight excluding hydrogens is 210 g/mol. The van der Waals surface area contributed by atoms with Crippen molar-refractivity contribution in [3.63, 3.8) is 0 Å². The second kappa shape index (κ2) is 8.10. The van der Waals surface area contributed by atoms with E-state index in [2.05, 4.69) is 18.7 Å². The van der Waals surface area contributed by atoms with E-state index in [-0.39, 0.29) is 0 Å². The molecule has 102 valence electrons. The molecule has 1 heterocycles. The van der Waals surface area contributed by atoms with E-state index in [9.17, 15) is 0 Å². The van der Waals surface area contributed by atoms with Gasteiger partial charge in [0, 0.05) is 19.1 Å². The van der Waals surface area contributed by atoms with Gasteiger partial charge in [-0.25, -0.2) is 0 Å². The zero-order chi connectivity index (χ0) is 12.7. The average Bonchev–Trinajstić information content (AvgIpc) is 2.42. The van der Waals surface area contributed by atoms with Crippen molar-refractivity contribution in [3.05, 3.63) is 0 Å². The first-order chi connectivity index (χ1) is 8.27. The molecule has 0 amide bonds. The summed E-state index contributed by atoms with van der Waals surface area (Å²) in [6.07, 6.45) is 5.74. The van der Waals surface area contributed by atoms with Gasteiger partial charge in [-0.05, 0) is 24.7 Å². The minimum Gasteiger partial charge on any atom is -0.379 e. The summed E-state index contributed by atoms with van der Waals surface area (Å²) in [6.45, 7) is 13.0. The molecule has 0 radical (unpaired) electrons. The number of rotatable bonds is 2. The molecule has 2 nitrogen and oxygen atoms in total. The fourth-order valence-corrected chi connectivity index (χ4v) is 3.08. The van der Waals surface area contributed by atoms with Crippen molar-refractivity contribution in [2.75, 3.05) is 26.3 Å². The maximum Gasteiger partial charge on any atom is 0.0594 e. The summed E-state index contributed by atoms with van der Waals surface area (Å²) in [7, 11) is 0. The molecule has 2 atom stereocenters. The third kappa shape index (κ3) is 4.59. The molecule has 0 spiro atoms. The Morgan fingerprint density at radius 1 is 1.06 bits per heavy atom. The van der Waals surface area contributed by atoms with Crippen LogP contribution in [0.2, 0.25) is 0 Å². The molecule has 2 unspecified atom stereocenters. The predicted molar refractivity (Wildman–Crippen MR) is 74.3 cm³/mol. The summed E-state index contributed by atoms with van der Waals surface area (Å²) in [6, 6.07) is 0.857. The molecule has 0 N–H and O–H groups in total. The van der Waals surface area contributed by atoms with Gasteiger partial charge in [0.05, 0.1) is 13.2 Å². The van der Waals surface area contributed by atoms with E-state index in [1.54, 1.807) is 0 Å². The van der Waals surface area contributed by atoms with Gasteiger partial charge < -0.3 is 4.74 Å². The van der Waals surface area contributed by atoms with Gasteiger partial charge in [0.2, 0.25) is 0 Å². The highest BCUT2D eigenvalue weighted by Crippen LogP contribution is 2.32. The Balaban J connectivity index is 0.000000686. The summed E-state index contributed by atoms with van der Waals surface area (Å²) < 4.78 is 5.42. The molecule has 17 heavy (non-hydrogen) atoms. The fraction of sp³-hybridized carbons (Fsp3) is 1.00. The molecule has 1 aliphatic heterocycles. The molecule has 1 saturated heterocycles. The van der Waals surface area contributed by atoms with Crippen LogP contribution in [-0.4, -0.2) is 37.2 Å². The highest BCUT2D eigenvalue weighted by Gasteiger charge is 2.28. The van der Waals surface area contributed by atoms with Crippen molar-refractivity contribution in [3.8, 4) is 0 Å². The van der Waals surface area contributed by atoms with Gasteiger partial charge in [-0.2, -0.15) is 0 Å². The van der Waals surface area contributed by atoms with Crippen LogP contribution in [0.25, 0.3) is 0 Å². The second-order valence-electron chi connectivity index (χ2n) is 5.47. The number of hydrogen-bond acceptors (Lipinski definition) is 2. The van der Waals surface area contributed by atoms with Crippen LogP contribution in [0.5, 0.6) is 0 Å². The van der Waals surface area contributed by atoms with Crippen molar-refractivity contribution in [2.45, 2.75) is 59.4 Å². The summed E-state index contributed by atoms with van der Waals surface area (Å²) in [4.78, 5) is 2.66. The number of morpholine rings is 1. The topological polar surface area (TPSA) is 12.5 Å². The third-order valence-corrected chi connectivity index (χ3v) is 4.19. The van der Waals surface area contributed by atoms with Gasteiger partial charge in [0.15, 0.2) is 0 Å². The van der Waals surface area contributed by atoms with Crippen LogP contribution in [0.4, 0.5) is 0 Å². The monoisotopic (exact) mass is 241 g/mol.